The van der Waals surface area contributed by atoms with Crippen LogP contribution in [0.2, 0.25) is 5.02 Å². The van der Waals surface area contributed by atoms with Crippen molar-refractivity contribution in [3.05, 3.63) is 63.1 Å². The second-order valence-corrected chi connectivity index (χ2v) is 8.72. The summed E-state index contributed by atoms with van der Waals surface area (Å²) in [5.74, 6) is -0.466. The summed E-state index contributed by atoms with van der Waals surface area (Å²) in [7, 11) is -3.78. The number of nitrogens with one attached hydrogen (secondary N) is 1. The number of carbonyl (C=O) groups excluding carboxylic acids is 1. The average molecular weight is 412 g/mol. The van der Waals surface area contributed by atoms with Gasteiger partial charge in [0, 0.05) is 9.90 Å². The Morgan fingerprint density at radius 2 is 1.96 bits per heavy atom. The van der Waals surface area contributed by atoms with Crippen molar-refractivity contribution < 1.29 is 17.6 Å². The third kappa shape index (κ3) is 4.90. The Morgan fingerprint density at radius 3 is 2.65 bits per heavy atom. The zero-order valence-electron chi connectivity index (χ0n) is 13.4. The van der Waals surface area contributed by atoms with Crippen molar-refractivity contribution in [2.24, 2.45) is 0 Å². The summed E-state index contributed by atoms with van der Waals surface area (Å²) in [6.07, 6.45) is 0.244. The lowest BCUT2D eigenvalue weighted by Crippen LogP contribution is -2.24. The van der Waals surface area contributed by atoms with E-state index >= 15 is 0 Å². The van der Waals surface area contributed by atoms with Gasteiger partial charge in [-0.25, -0.2) is 8.42 Å². The number of carbonyl (C=O) groups is 1. The number of amides is 1. The molecule has 0 atom stereocenters. The van der Waals surface area contributed by atoms with E-state index in [9.17, 15) is 13.2 Å². The standard InChI is InChI=1S/C16H14ClN3O4S2/c17-12-5-3-11(4-6-12)10-26(22,23)16-20-19-15(24-16)9-18-14(21)8-13-2-1-7-25-13/h1-7H,8-10H2,(H,18,21). The molecule has 0 bridgehead atoms. The number of sulfone groups is 1. The topological polar surface area (TPSA) is 102 Å². The first-order valence-electron chi connectivity index (χ1n) is 7.51. The molecule has 1 N–H and O–H groups in total. The molecule has 1 amide bonds. The molecular weight excluding hydrogens is 398 g/mol. The third-order valence-corrected chi connectivity index (χ3v) is 5.87. The minimum atomic E-state index is -3.78. The number of aromatic nitrogens is 2. The minimum absolute atomic E-state index is 0.0270. The number of nitrogens with zero attached hydrogens (tertiary/aromatic N) is 2. The second-order valence-electron chi connectivity index (χ2n) is 5.38. The first-order valence-corrected chi connectivity index (χ1v) is 10.4. The maximum atomic E-state index is 12.3. The van der Waals surface area contributed by atoms with Gasteiger partial charge in [-0.3, -0.25) is 4.79 Å². The highest BCUT2D eigenvalue weighted by atomic mass is 35.5. The molecule has 2 aromatic heterocycles. The van der Waals surface area contributed by atoms with E-state index in [1.165, 1.54) is 11.3 Å². The van der Waals surface area contributed by atoms with E-state index in [1.54, 1.807) is 24.3 Å². The van der Waals surface area contributed by atoms with Crippen LogP contribution >= 0.6 is 22.9 Å². The first-order chi connectivity index (χ1) is 12.4. The number of hydrogen-bond acceptors (Lipinski definition) is 7. The summed E-state index contributed by atoms with van der Waals surface area (Å²) in [5.41, 5.74) is 0.554. The summed E-state index contributed by atoms with van der Waals surface area (Å²) in [5, 5.41) is 11.8. The molecule has 10 heteroatoms. The van der Waals surface area contributed by atoms with E-state index in [0.717, 1.165) is 4.88 Å². The molecule has 2 heterocycles. The van der Waals surface area contributed by atoms with Crippen molar-refractivity contribution in [3.63, 3.8) is 0 Å². The maximum absolute atomic E-state index is 12.3. The van der Waals surface area contributed by atoms with E-state index < -0.39 is 15.1 Å². The van der Waals surface area contributed by atoms with Crippen LogP contribution in [0.3, 0.4) is 0 Å². The molecule has 0 fully saturated rings. The molecule has 0 spiro atoms. The Morgan fingerprint density at radius 1 is 1.19 bits per heavy atom. The molecule has 136 valence electrons. The van der Waals surface area contributed by atoms with E-state index in [-0.39, 0.29) is 30.5 Å². The highest BCUT2D eigenvalue weighted by molar-refractivity contribution is 7.90. The number of hydrogen-bond donors (Lipinski definition) is 1. The van der Waals surface area contributed by atoms with Gasteiger partial charge in [0.15, 0.2) is 0 Å². The Bertz CT molecular complexity index is 983. The summed E-state index contributed by atoms with van der Waals surface area (Å²) in [4.78, 5) is 12.8. The van der Waals surface area contributed by atoms with Gasteiger partial charge in [0.2, 0.25) is 21.6 Å². The van der Waals surface area contributed by atoms with Gasteiger partial charge in [0.25, 0.3) is 0 Å². The lowest BCUT2D eigenvalue weighted by Gasteiger charge is -2.01. The number of benzene rings is 1. The van der Waals surface area contributed by atoms with Crippen molar-refractivity contribution in [2.75, 3.05) is 0 Å². The van der Waals surface area contributed by atoms with Crippen LogP contribution in [-0.2, 0) is 33.4 Å². The normalized spacial score (nSPS) is 11.4. The van der Waals surface area contributed by atoms with E-state index in [1.807, 2.05) is 17.5 Å². The highest BCUT2D eigenvalue weighted by Gasteiger charge is 2.23. The van der Waals surface area contributed by atoms with Crippen molar-refractivity contribution in [3.8, 4) is 0 Å². The fourth-order valence-electron chi connectivity index (χ4n) is 2.11. The van der Waals surface area contributed by atoms with Gasteiger partial charge < -0.3 is 9.73 Å². The van der Waals surface area contributed by atoms with Crippen LogP contribution in [0.4, 0.5) is 0 Å². The van der Waals surface area contributed by atoms with E-state index in [4.69, 9.17) is 16.0 Å². The molecule has 0 saturated carbocycles. The lowest BCUT2D eigenvalue weighted by atomic mass is 10.2. The summed E-state index contributed by atoms with van der Waals surface area (Å²) in [6.45, 7) is -0.0341. The van der Waals surface area contributed by atoms with Crippen molar-refractivity contribution in [1.82, 2.24) is 15.5 Å². The smallest absolute Gasteiger partial charge is 0.335 e. The predicted octanol–water partition coefficient (Wildman–Crippen LogP) is 2.62. The fourth-order valence-corrected chi connectivity index (χ4v) is 4.08. The van der Waals surface area contributed by atoms with Crippen molar-refractivity contribution in [2.45, 2.75) is 23.9 Å². The molecule has 3 rings (SSSR count). The number of halogens is 1. The molecule has 1 aromatic carbocycles. The molecule has 3 aromatic rings. The Hall–Kier alpha value is -2.23. The fraction of sp³-hybridized carbons (Fsp3) is 0.188. The summed E-state index contributed by atoms with van der Waals surface area (Å²) in [6, 6.07) is 10.2. The molecule has 0 aliphatic carbocycles. The third-order valence-electron chi connectivity index (χ3n) is 3.34. The van der Waals surface area contributed by atoms with Crippen molar-refractivity contribution in [1.29, 1.82) is 0 Å². The zero-order valence-corrected chi connectivity index (χ0v) is 15.8. The molecule has 0 saturated heterocycles. The van der Waals surface area contributed by atoms with Gasteiger partial charge in [-0.05, 0) is 29.1 Å². The molecule has 0 radical (unpaired) electrons. The van der Waals surface area contributed by atoms with Crippen LogP contribution in [0.5, 0.6) is 0 Å². The van der Waals surface area contributed by atoms with Crippen LogP contribution in [0.15, 0.2) is 51.4 Å². The molecule has 26 heavy (non-hydrogen) atoms. The van der Waals surface area contributed by atoms with E-state index in [0.29, 0.717) is 10.6 Å². The van der Waals surface area contributed by atoms with Crippen LogP contribution in [-0.4, -0.2) is 24.5 Å². The van der Waals surface area contributed by atoms with Crippen LogP contribution < -0.4 is 5.32 Å². The molecule has 7 nitrogen and oxygen atoms in total. The van der Waals surface area contributed by atoms with Gasteiger partial charge in [-0.15, -0.1) is 16.4 Å². The largest absolute Gasteiger partial charge is 0.411 e. The maximum Gasteiger partial charge on any atom is 0.335 e. The molecule has 0 unspecified atom stereocenters. The quantitative estimate of drug-likeness (QED) is 0.641. The lowest BCUT2D eigenvalue weighted by molar-refractivity contribution is -0.120. The molecule has 0 aliphatic heterocycles. The van der Waals surface area contributed by atoms with Crippen LogP contribution in [0.25, 0.3) is 0 Å². The highest BCUT2D eigenvalue weighted by Crippen LogP contribution is 2.17. The number of rotatable bonds is 7. The Kier molecular flexibility index (Phi) is 5.70. The first kappa shape index (κ1) is 18.6. The van der Waals surface area contributed by atoms with Crippen molar-refractivity contribution >= 4 is 38.7 Å². The van der Waals surface area contributed by atoms with Gasteiger partial charge in [-0.1, -0.05) is 34.9 Å². The van der Waals surface area contributed by atoms with Gasteiger partial charge in [-0.2, -0.15) is 0 Å². The average Bonchev–Trinajstić information content (AvgIpc) is 3.27. The molecule has 0 aliphatic rings. The minimum Gasteiger partial charge on any atom is -0.411 e. The van der Waals surface area contributed by atoms with Gasteiger partial charge >= 0.3 is 5.22 Å². The second kappa shape index (κ2) is 7.98. The number of thiophene rings is 1. The monoisotopic (exact) mass is 411 g/mol. The molecular formula is C16H14ClN3O4S2. The Labute approximate surface area is 158 Å². The van der Waals surface area contributed by atoms with Gasteiger partial charge in [0.1, 0.15) is 0 Å². The SMILES string of the molecule is O=C(Cc1cccs1)NCc1nnc(S(=O)(=O)Cc2ccc(Cl)cc2)o1. The van der Waals surface area contributed by atoms with Crippen LogP contribution in [0, 0.1) is 0 Å². The van der Waals surface area contributed by atoms with Crippen LogP contribution in [0.1, 0.15) is 16.3 Å². The summed E-state index contributed by atoms with van der Waals surface area (Å²) >= 11 is 7.27. The zero-order chi connectivity index (χ0) is 18.6. The summed E-state index contributed by atoms with van der Waals surface area (Å²) < 4.78 is 29.9. The Balaban J connectivity index is 1.59. The van der Waals surface area contributed by atoms with E-state index in [2.05, 4.69) is 15.5 Å². The predicted molar refractivity (Wildman–Crippen MR) is 96.5 cm³/mol. The van der Waals surface area contributed by atoms with Gasteiger partial charge in [0.05, 0.1) is 18.7 Å².